The van der Waals surface area contributed by atoms with Crippen molar-refractivity contribution in [3.8, 4) is 0 Å². The largest absolute Gasteiger partial charge is 0.290 e. The maximum Gasteiger partial charge on any atom is 0.223 e. The zero-order valence-corrected chi connectivity index (χ0v) is 14.7. The minimum atomic E-state index is -1.29. The molecule has 1 unspecified atom stereocenters. The van der Waals surface area contributed by atoms with Gasteiger partial charge in [0.25, 0.3) is 0 Å². The number of hydrogen-bond donors (Lipinski definition) is 0. The zero-order valence-electron chi connectivity index (χ0n) is 13.1. The van der Waals surface area contributed by atoms with Crippen LogP contribution in [0.3, 0.4) is 0 Å². The summed E-state index contributed by atoms with van der Waals surface area (Å²) >= 11 is 3.65. The number of hydrogen-bond acceptors (Lipinski definition) is 4. The second kappa shape index (κ2) is 6.22. The monoisotopic (exact) mass is 392 g/mol. The van der Waals surface area contributed by atoms with Gasteiger partial charge in [0, 0.05) is 11.8 Å². The molecule has 0 spiro atoms. The minimum absolute atomic E-state index is 0.164. The van der Waals surface area contributed by atoms with E-state index in [0.29, 0.717) is 16.8 Å². The van der Waals surface area contributed by atoms with Crippen LogP contribution in [0.15, 0.2) is 79.0 Å². The highest BCUT2D eigenvalue weighted by Crippen LogP contribution is 2.37. The van der Waals surface area contributed by atoms with Crippen molar-refractivity contribution in [2.24, 2.45) is 0 Å². The number of halogens is 1. The van der Waals surface area contributed by atoms with Crippen molar-refractivity contribution in [1.29, 1.82) is 0 Å². The van der Waals surface area contributed by atoms with Gasteiger partial charge in [0.05, 0.1) is 11.2 Å². The molecule has 6 heteroatoms. The summed E-state index contributed by atoms with van der Waals surface area (Å²) in [4.78, 5) is 17.8. The first-order valence-corrected chi connectivity index (χ1v) is 8.52. The van der Waals surface area contributed by atoms with Gasteiger partial charge in [-0.1, -0.05) is 53.7 Å². The number of aromatic nitrogens is 4. The summed E-state index contributed by atoms with van der Waals surface area (Å²) in [5.74, 6) is -0.164. The fraction of sp³-hybridized carbons (Fsp3) is 0.0526. The summed E-state index contributed by atoms with van der Waals surface area (Å²) < 4.78 is 0.297. The first-order chi connectivity index (χ1) is 12.2. The Hall–Kier alpha value is -2.86. The average molecular weight is 393 g/mol. The number of ketones is 1. The summed E-state index contributed by atoms with van der Waals surface area (Å²) in [7, 11) is 0. The van der Waals surface area contributed by atoms with Gasteiger partial charge in [-0.2, -0.15) is 0 Å². The van der Waals surface area contributed by atoms with E-state index in [4.69, 9.17) is 0 Å². The van der Waals surface area contributed by atoms with E-state index in [2.05, 4.69) is 31.2 Å². The van der Waals surface area contributed by atoms with E-state index in [9.17, 15) is 4.79 Å². The number of fused-ring (bicyclic) bond motifs is 1. The Balaban J connectivity index is 1.98. The minimum Gasteiger partial charge on any atom is -0.290 e. The van der Waals surface area contributed by atoms with Crippen LogP contribution in [0.4, 0.5) is 0 Å². The molecule has 2 aromatic carbocycles. The van der Waals surface area contributed by atoms with Crippen LogP contribution >= 0.6 is 15.9 Å². The molecule has 1 atom stereocenters. The number of Topliss-reactive ketones (excluding diaryl/α,β-unsaturated/α-hetero) is 1. The summed E-state index contributed by atoms with van der Waals surface area (Å²) in [5, 5.41) is 8.44. The molecule has 2 heterocycles. The lowest BCUT2D eigenvalue weighted by atomic mass is 10.0. The van der Waals surface area contributed by atoms with Crippen molar-refractivity contribution in [2.45, 2.75) is 4.45 Å². The Morgan fingerprint density at radius 1 is 0.920 bits per heavy atom. The Morgan fingerprint density at radius 3 is 2.40 bits per heavy atom. The smallest absolute Gasteiger partial charge is 0.223 e. The summed E-state index contributed by atoms with van der Waals surface area (Å²) in [6.45, 7) is 0. The zero-order chi connectivity index (χ0) is 17.3. The summed E-state index contributed by atoms with van der Waals surface area (Å²) in [5.41, 5.74) is 2.56. The quantitative estimate of drug-likeness (QED) is 0.391. The predicted molar refractivity (Wildman–Crippen MR) is 98.5 cm³/mol. The average Bonchev–Trinajstić information content (AvgIpc) is 3.13. The van der Waals surface area contributed by atoms with E-state index in [0.717, 1.165) is 5.52 Å². The second-order valence-corrected chi connectivity index (χ2v) is 6.67. The SMILES string of the molecule is O=C(c1ccccc1)C(Br)(c1ccccn1)n1nnc2ccccc21. The van der Waals surface area contributed by atoms with Crippen molar-refractivity contribution in [3.63, 3.8) is 0 Å². The highest BCUT2D eigenvalue weighted by Gasteiger charge is 2.43. The number of para-hydroxylation sites is 1. The number of benzene rings is 2. The Morgan fingerprint density at radius 2 is 1.64 bits per heavy atom. The number of alkyl halides is 1. The van der Waals surface area contributed by atoms with E-state index in [1.807, 2.05) is 54.6 Å². The van der Waals surface area contributed by atoms with E-state index in [-0.39, 0.29) is 5.78 Å². The molecule has 0 saturated carbocycles. The van der Waals surface area contributed by atoms with Crippen LogP contribution in [-0.4, -0.2) is 25.8 Å². The third kappa shape index (κ3) is 2.55. The van der Waals surface area contributed by atoms with E-state index < -0.39 is 4.45 Å². The molecule has 0 aliphatic carbocycles. The molecule has 122 valence electrons. The van der Waals surface area contributed by atoms with Crippen LogP contribution in [-0.2, 0) is 4.45 Å². The lowest BCUT2D eigenvalue weighted by molar-refractivity contribution is 0.0921. The van der Waals surface area contributed by atoms with Gasteiger partial charge in [-0.3, -0.25) is 9.78 Å². The molecular weight excluding hydrogens is 380 g/mol. The first-order valence-electron chi connectivity index (χ1n) is 7.72. The van der Waals surface area contributed by atoms with Crippen LogP contribution in [0.25, 0.3) is 11.0 Å². The van der Waals surface area contributed by atoms with Gasteiger partial charge >= 0.3 is 0 Å². The van der Waals surface area contributed by atoms with Crippen molar-refractivity contribution >= 4 is 32.7 Å². The number of carbonyl (C=O) groups is 1. The molecule has 0 fully saturated rings. The van der Waals surface area contributed by atoms with Crippen molar-refractivity contribution < 1.29 is 4.79 Å². The Bertz CT molecular complexity index is 1030. The molecule has 4 aromatic rings. The summed E-state index contributed by atoms with van der Waals surface area (Å²) in [6, 6.07) is 22.1. The molecule has 25 heavy (non-hydrogen) atoms. The van der Waals surface area contributed by atoms with E-state index >= 15 is 0 Å². The molecule has 0 aliphatic heterocycles. The summed E-state index contributed by atoms with van der Waals surface area (Å²) in [6.07, 6.45) is 1.66. The van der Waals surface area contributed by atoms with Crippen LogP contribution in [0.1, 0.15) is 16.1 Å². The lowest BCUT2D eigenvalue weighted by Crippen LogP contribution is -2.39. The number of nitrogens with zero attached hydrogens (tertiary/aromatic N) is 4. The molecule has 0 saturated heterocycles. The van der Waals surface area contributed by atoms with Crippen LogP contribution in [0, 0.1) is 0 Å². The van der Waals surface area contributed by atoms with E-state index in [1.54, 1.807) is 29.1 Å². The van der Waals surface area contributed by atoms with Crippen LogP contribution < -0.4 is 0 Å². The topological polar surface area (TPSA) is 60.7 Å². The van der Waals surface area contributed by atoms with Crippen LogP contribution in [0.5, 0.6) is 0 Å². The fourth-order valence-corrected chi connectivity index (χ4v) is 3.48. The van der Waals surface area contributed by atoms with Gasteiger partial charge in [-0.05, 0) is 40.2 Å². The number of rotatable bonds is 4. The highest BCUT2D eigenvalue weighted by molar-refractivity contribution is 9.10. The molecule has 5 nitrogen and oxygen atoms in total. The molecular formula is C19H13BrN4O. The van der Waals surface area contributed by atoms with Gasteiger partial charge in [-0.15, -0.1) is 5.10 Å². The molecule has 0 bridgehead atoms. The predicted octanol–water partition coefficient (Wildman–Crippen LogP) is 3.81. The highest BCUT2D eigenvalue weighted by atomic mass is 79.9. The fourth-order valence-electron chi connectivity index (χ4n) is 2.76. The van der Waals surface area contributed by atoms with Crippen LogP contribution in [0.2, 0.25) is 0 Å². The lowest BCUT2D eigenvalue weighted by Gasteiger charge is -2.26. The molecule has 0 aliphatic rings. The Labute approximate surface area is 152 Å². The maximum atomic E-state index is 13.4. The van der Waals surface area contributed by atoms with Crippen molar-refractivity contribution in [3.05, 3.63) is 90.3 Å². The molecule has 0 amide bonds. The van der Waals surface area contributed by atoms with Gasteiger partial charge in [0.1, 0.15) is 5.52 Å². The Kier molecular flexibility index (Phi) is 3.89. The van der Waals surface area contributed by atoms with Gasteiger partial charge in [0.15, 0.2) is 0 Å². The molecule has 0 radical (unpaired) electrons. The molecule has 4 rings (SSSR count). The van der Waals surface area contributed by atoms with E-state index in [1.165, 1.54) is 0 Å². The maximum absolute atomic E-state index is 13.4. The first kappa shape index (κ1) is 15.7. The number of carbonyl (C=O) groups excluding carboxylic acids is 1. The van der Waals surface area contributed by atoms with Crippen molar-refractivity contribution in [1.82, 2.24) is 20.0 Å². The van der Waals surface area contributed by atoms with Gasteiger partial charge in [0.2, 0.25) is 10.2 Å². The number of pyridine rings is 1. The third-order valence-electron chi connectivity index (χ3n) is 3.98. The third-order valence-corrected chi connectivity index (χ3v) is 5.09. The second-order valence-electron chi connectivity index (χ2n) is 5.52. The van der Waals surface area contributed by atoms with Gasteiger partial charge < -0.3 is 0 Å². The standard InChI is InChI=1S/C19H13BrN4O/c20-19(17-12-6-7-13-21-17,18(25)14-8-2-1-3-9-14)24-16-11-5-4-10-15(16)22-23-24/h1-13H. The molecule has 2 aromatic heterocycles. The molecule has 0 N–H and O–H groups in total. The van der Waals surface area contributed by atoms with Gasteiger partial charge in [-0.25, -0.2) is 4.68 Å². The van der Waals surface area contributed by atoms with Crippen molar-refractivity contribution in [2.75, 3.05) is 0 Å². The normalized spacial score (nSPS) is 13.5.